The summed E-state index contributed by atoms with van der Waals surface area (Å²) in [7, 11) is 0. The van der Waals surface area contributed by atoms with E-state index in [0.29, 0.717) is 12.5 Å². The van der Waals surface area contributed by atoms with Crippen molar-refractivity contribution >= 4 is 12.4 Å². The summed E-state index contributed by atoms with van der Waals surface area (Å²) >= 11 is 0. The van der Waals surface area contributed by atoms with Gasteiger partial charge in [-0.25, -0.2) is 0 Å². The molecule has 2 rings (SSSR count). The zero-order valence-corrected chi connectivity index (χ0v) is 10.7. The van der Waals surface area contributed by atoms with Gasteiger partial charge in [-0.15, -0.1) is 12.4 Å². The monoisotopic (exact) mass is 253 g/mol. The van der Waals surface area contributed by atoms with Crippen LogP contribution in [0.2, 0.25) is 0 Å². The quantitative estimate of drug-likeness (QED) is 0.910. The standard InChI is InChI=1S/C13H15NO2.ClH/c1-9-3-4-11(7-10(9)2)15-13-6-5-12(8-14)16-13;/h3-7H,8,14H2,1-2H3;1H. The minimum absolute atomic E-state index is 0. The summed E-state index contributed by atoms with van der Waals surface area (Å²) in [5.74, 6) is 1.98. The minimum Gasteiger partial charge on any atom is -0.429 e. The number of halogens is 1. The van der Waals surface area contributed by atoms with E-state index in [9.17, 15) is 0 Å². The Labute approximate surface area is 107 Å². The maximum Gasteiger partial charge on any atom is 0.290 e. The highest BCUT2D eigenvalue weighted by molar-refractivity contribution is 5.85. The van der Waals surface area contributed by atoms with Gasteiger partial charge in [0.2, 0.25) is 0 Å². The van der Waals surface area contributed by atoms with Crippen LogP contribution in [0.25, 0.3) is 0 Å². The highest BCUT2D eigenvalue weighted by Crippen LogP contribution is 2.25. The van der Waals surface area contributed by atoms with Crippen LogP contribution in [0.5, 0.6) is 11.7 Å². The van der Waals surface area contributed by atoms with Crippen molar-refractivity contribution in [2.75, 3.05) is 0 Å². The summed E-state index contributed by atoms with van der Waals surface area (Å²) in [6.07, 6.45) is 0. The molecule has 0 aliphatic rings. The first kappa shape index (κ1) is 13.6. The van der Waals surface area contributed by atoms with Crippen molar-refractivity contribution in [2.45, 2.75) is 20.4 Å². The lowest BCUT2D eigenvalue weighted by molar-refractivity contribution is 0.332. The average Bonchev–Trinajstić information content (AvgIpc) is 2.71. The molecule has 0 unspecified atom stereocenters. The summed E-state index contributed by atoms with van der Waals surface area (Å²) in [6, 6.07) is 9.53. The third-order valence-electron chi connectivity index (χ3n) is 2.53. The molecule has 0 radical (unpaired) electrons. The maximum absolute atomic E-state index is 5.57. The molecule has 0 saturated carbocycles. The Morgan fingerprint density at radius 2 is 1.88 bits per heavy atom. The summed E-state index contributed by atoms with van der Waals surface area (Å²) in [5.41, 5.74) is 7.89. The molecule has 3 nitrogen and oxygen atoms in total. The van der Waals surface area contributed by atoms with Crippen molar-refractivity contribution < 1.29 is 9.15 Å². The van der Waals surface area contributed by atoms with Gasteiger partial charge >= 0.3 is 0 Å². The zero-order chi connectivity index (χ0) is 11.5. The summed E-state index contributed by atoms with van der Waals surface area (Å²) in [6.45, 7) is 4.50. The van der Waals surface area contributed by atoms with E-state index in [2.05, 4.69) is 13.8 Å². The molecule has 92 valence electrons. The van der Waals surface area contributed by atoms with Gasteiger partial charge < -0.3 is 14.9 Å². The normalized spacial score (nSPS) is 9.82. The van der Waals surface area contributed by atoms with E-state index in [-0.39, 0.29) is 12.4 Å². The largest absolute Gasteiger partial charge is 0.429 e. The summed E-state index contributed by atoms with van der Waals surface area (Å²) in [5, 5.41) is 0. The van der Waals surface area contributed by atoms with Gasteiger partial charge in [-0.2, -0.15) is 0 Å². The third kappa shape index (κ3) is 3.25. The molecule has 0 aliphatic heterocycles. The van der Waals surface area contributed by atoms with Crippen molar-refractivity contribution in [1.29, 1.82) is 0 Å². The number of furan rings is 1. The fourth-order valence-corrected chi connectivity index (χ4v) is 1.42. The number of ether oxygens (including phenoxy) is 1. The lowest BCUT2D eigenvalue weighted by Crippen LogP contribution is -1.92. The Balaban J connectivity index is 0.00000144. The van der Waals surface area contributed by atoms with Crippen molar-refractivity contribution in [3.8, 4) is 11.7 Å². The molecule has 0 fully saturated rings. The molecule has 0 aliphatic carbocycles. The van der Waals surface area contributed by atoms with Crippen molar-refractivity contribution in [1.82, 2.24) is 0 Å². The van der Waals surface area contributed by atoms with E-state index in [1.807, 2.05) is 24.3 Å². The SMILES string of the molecule is Cc1ccc(Oc2ccc(CN)o2)cc1C.Cl. The topological polar surface area (TPSA) is 48.4 Å². The fourth-order valence-electron chi connectivity index (χ4n) is 1.42. The average molecular weight is 254 g/mol. The van der Waals surface area contributed by atoms with Crippen molar-refractivity contribution in [3.05, 3.63) is 47.2 Å². The van der Waals surface area contributed by atoms with Gasteiger partial charge in [0.15, 0.2) is 0 Å². The first-order valence-corrected chi connectivity index (χ1v) is 5.23. The number of rotatable bonds is 3. The van der Waals surface area contributed by atoms with Gasteiger partial charge in [-0.3, -0.25) is 0 Å². The molecule has 2 aromatic rings. The first-order chi connectivity index (χ1) is 7.69. The van der Waals surface area contributed by atoms with Crippen LogP contribution in [0.1, 0.15) is 16.9 Å². The van der Waals surface area contributed by atoms with Crippen LogP contribution in [0, 0.1) is 13.8 Å². The number of benzene rings is 1. The van der Waals surface area contributed by atoms with Crippen LogP contribution in [-0.4, -0.2) is 0 Å². The van der Waals surface area contributed by atoms with E-state index < -0.39 is 0 Å². The predicted molar refractivity (Wildman–Crippen MR) is 69.8 cm³/mol. The highest BCUT2D eigenvalue weighted by atomic mass is 35.5. The molecule has 0 bridgehead atoms. The van der Waals surface area contributed by atoms with E-state index in [1.54, 1.807) is 6.07 Å². The Kier molecular flexibility index (Phi) is 4.61. The Morgan fingerprint density at radius 3 is 2.47 bits per heavy atom. The third-order valence-corrected chi connectivity index (χ3v) is 2.53. The molecule has 17 heavy (non-hydrogen) atoms. The van der Waals surface area contributed by atoms with Crippen LogP contribution in [-0.2, 0) is 6.54 Å². The van der Waals surface area contributed by atoms with Gasteiger partial charge in [0, 0.05) is 6.07 Å². The Bertz CT molecular complexity index is 494. The number of hydrogen-bond donors (Lipinski definition) is 1. The molecule has 1 aromatic heterocycles. The first-order valence-electron chi connectivity index (χ1n) is 5.23. The molecule has 0 atom stereocenters. The van der Waals surface area contributed by atoms with Crippen LogP contribution in [0.4, 0.5) is 0 Å². The smallest absolute Gasteiger partial charge is 0.290 e. The van der Waals surface area contributed by atoms with Crippen LogP contribution in [0.15, 0.2) is 34.7 Å². The molecule has 0 saturated heterocycles. The number of hydrogen-bond acceptors (Lipinski definition) is 3. The molecular weight excluding hydrogens is 238 g/mol. The van der Waals surface area contributed by atoms with Crippen molar-refractivity contribution in [3.63, 3.8) is 0 Å². The number of aryl methyl sites for hydroxylation is 2. The zero-order valence-electron chi connectivity index (χ0n) is 9.90. The van der Waals surface area contributed by atoms with Crippen LogP contribution in [0.3, 0.4) is 0 Å². The van der Waals surface area contributed by atoms with Crippen LogP contribution >= 0.6 is 12.4 Å². The maximum atomic E-state index is 5.57. The molecule has 1 heterocycles. The fraction of sp³-hybridized carbons (Fsp3) is 0.231. The van der Waals surface area contributed by atoms with Gasteiger partial charge in [0.25, 0.3) is 5.95 Å². The van der Waals surface area contributed by atoms with Gasteiger partial charge in [-0.05, 0) is 43.2 Å². The van der Waals surface area contributed by atoms with Gasteiger partial charge in [-0.1, -0.05) is 6.07 Å². The van der Waals surface area contributed by atoms with E-state index >= 15 is 0 Å². The highest BCUT2D eigenvalue weighted by Gasteiger charge is 2.03. The lowest BCUT2D eigenvalue weighted by Gasteiger charge is -2.04. The molecular formula is C13H16ClNO2. The van der Waals surface area contributed by atoms with E-state index in [0.717, 1.165) is 11.5 Å². The minimum atomic E-state index is 0. The molecule has 4 heteroatoms. The lowest BCUT2D eigenvalue weighted by atomic mass is 10.1. The Hall–Kier alpha value is -1.45. The molecule has 0 spiro atoms. The molecule has 1 aromatic carbocycles. The van der Waals surface area contributed by atoms with E-state index in [1.165, 1.54) is 11.1 Å². The van der Waals surface area contributed by atoms with Gasteiger partial charge in [0.1, 0.15) is 11.5 Å². The van der Waals surface area contributed by atoms with Crippen molar-refractivity contribution in [2.24, 2.45) is 5.73 Å². The summed E-state index contributed by atoms with van der Waals surface area (Å²) in [4.78, 5) is 0. The number of nitrogens with two attached hydrogens (primary N) is 1. The summed E-state index contributed by atoms with van der Waals surface area (Å²) < 4.78 is 10.9. The molecule has 2 N–H and O–H groups in total. The second kappa shape index (κ2) is 5.75. The van der Waals surface area contributed by atoms with Gasteiger partial charge in [0.05, 0.1) is 6.54 Å². The second-order valence-electron chi connectivity index (χ2n) is 3.77. The van der Waals surface area contributed by atoms with Crippen LogP contribution < -0.4 is 10.5 Å². The Morgan fingerprint density at radius 1 is 1.12 bits per heavy atom. The molecule has 0 amide bonds. The predicted octanol–water partition coefficient (Wildman–Crippen LogP) is 3.57. The second-order valence-corrected chi connectivity index (χ2v) is 3.77. The van der Waals surface area contributed by atoms with E-state index in [4.69, 9.17) is 14.9 Å².